The Labute approximate surface area is 108 Å². The summed E-state index contributed by atoms with van der Waals surface area (Å²) in [6.45, 7) is 7.04. The molecule has 0 unspecified atom stereocenters. The third-order valence-electron chi connectivity index (χ3n) is 2.96. The highest BCUT2D eigenvalue weighted by atomic mass is 16.5. The van der Waals surface area contributed by atoms with Crippen molar-refractivity contribution in [1.82, 2.24) is 15.0 Å². The van der Waals surface area contributed by atoms with Crippen molar-refractivity contribution >= 4 is 11.9 Å². The van der Waals surface area contributed by atoms with Crippen LogP contribution in [0.3, 0.4) is 0 Å². The minimum absolute atomic E-state index is 0.0471. The Morgan fingerprint density at radius 1 is 1.22 bits per heavy atom. The van der Waals surface area contributed by atoms with Crippen LogP contribution in [0, 0.1) is 5.41 Å². The molecule has 1 aromatic heterocycles. The summed E-state index contributed by atoms with van der Waals surface area (Å²) in [4.78, 5) is 12.7. The zero-order valence-electron chi connectivity index (χ0n) is 11.4. The average molecular weight is 251 g/mol. The quantitative estimate of drug-likeness (QED) is 0.804. The van der Waals surface area contributed by atoms with Gasteiger partial charge in [-0.15, -0.1) is 0 Å². The summed E-state index contributed by atoms with van der Waals surface area (Å²) < 4.78 is 5.50. The fourth-order valence-electron chi connectivity index (χ4n) is 1.49. The molecule has 0 bridgehead atoms. The molecule has 18 heavy (non-hydrogen) atoms. The van der Waals surface area contributed by atoms with E-state index in [1.807, 2.05) is 13.8 Å². The molecule has 0 aromatic carbocycles. The summed E-state index contributed by atoms with van der Waals surface area (Å²) in [7, 11) is 1.78. The SMILES string of the molecule is CNc1nc(NCC2(C)CC2)nc(OC(C)C)n1. The van der Waals surface area contributed by atoms with Gasteiger partial charge < -0.3 is 15.4 Å². The van der Waals surface area contributed by atoms with Crippen LogP contribution in [0.4, 0.5) is 11.9 Å². The third-order valence-corrected chi connectivity index (χ3v) is 2.96. The molecule has 1 saturated carbocycles. The minimum Gasteiger partial charge on any atom is -0.461 e. The first-order valence-electron chi connectivity index (χ1n) is 6.35. The monoisotopic (exact) mass is 251 g/mol. The maximum absolute atomic E-state index is 5.50. The van der Waals surface area contributed by atoms with Crippen molar-refractivity contribution in [3.05, 3.63) is 0 Å². The van der Waals surface area contributed by atoms with Crippen molar-refractivity contribution in [2.45, 2.75) is 39.7 Å². The number of anilines is 2. The smallest absolute Gasteiger partial charge is 0.323 e. The topological polar surface area (TPSA) is 72.0 Å². The van der Waals surface area contributed by atoms with Gasteiger partial charge in [0.1, 0.15) is 0 Å². The van der Waals surface area contributed by atoms with Gasteiger partial charge in [0.25, 0.3) is 0 Å². The summed E-state index contributed by atoms with van der Waals surface area (Å²) in [5.41, 5.74) is 0.408. The van der Waals surface area contributed by atoms with Gasteiger partial charge in [-0.25, -0.2) is 0 Å². The van der Waals surface area contributed by atoms with E-state index in [9.17, 15) is 0 Å². The molecule has 2 rings (SSSR count). The van der Waals surface area contributed by atoms with Crippen molar-refractivity contribution in [1.29, 1.82) is 0 Å². The maximum Gasteiger partial charge on any atom is 0.323 e. The normalized spacial score (nSPS) is 16.5. The summed E-state index contributed by atoms with van der Waals surface area (Å²) in [6, 6.07) is 0.354. The highest BCUT2D eigenvalue weighted by Gasteiger charge is 2.37. The molecule has 0 spiro atoms. The third kappa shape index (κ3) is 3.45. The van der Waals surface area contributed by atoms with E-state index in [-0.39, 0.29) is 6.10 Å². The van der Waals surface area contributed by atoms with E-state index in [1.54, 1.807) is 7.05 Å². The molecule has 1 aliphatic carbocycles. The van der Waals surface area contributed by atoms with Gasteiger partial charge in [-0.1, -0.05) is 6.92 Å². The van der Waals surface area contributed by atoms with Crippen LogP contribution in [0.25, 0.3) is 0 Å². The molecule has 0 atom stereocenters. The molecule has 6 nitrogen and oxygen atoms in total. The van der Waals surface area contributed by atoms with Crippen LogP contribution in [-0.2, 0) is 0 Å². The standard InChI is InChI=1S/C12H21N5O/c1-8(2)18-11-16-9(13-4)15-10(17-11)14-7-12(3)5-6-12/h8H,5-7H2,1-4H3,(H2,13,14,15,16,17). The molecule has 0 radical (unpaired) electrons. The fourth-order valence-corrected chi connectivity index (χ4v) is 1.49. The molecule has 0 saturated heterocycles. The molecular weight excluding hydrogens is 230 g/mol. The first-order chi connectivity index (χ1) is 8.50. The van der Waals surface area contributed by atoms with Crippen molar-refractivity contribution < 1.29 is 4.74 Å². The summed E-state index contributed by atoms with van der Waals surface area (Å²) >= 11 is 0. The van der Waals surface area contributed by atoms with E-state index in [4.69, 9.17) is 4.74 Å². The number of aromatic nitrogens is 3. The van der Waals surface area contributed by atoms with Gasteiger partial charge in [-0.05, 0) is 32.1 Å². The Bertz CT molecular complexity index is 417. The van der Waals surface area contributed by atoms with E-state index in [0.717, 1.165) is 6.54 Å². The largest absolute Gasteiger partial charge is 0.461 e. The Hall–Kier alpha value is -1.59. The molecule has 0 amide bonds. The van der Waals surface area contributed by atoms with Crippen LogP contribution in [-0.4, -0.2) is 34.6 Å². The number of nitrogens with one attached hydrogen (secondary N) is 2. The van der Waals surface area contributed by atoms with Gasteiger partial charge in [-0.3, -0.25) is 0 Å². The first kappa shape index (κ1) is 12.9. The Balaban J connectivity index is 2.07. The Morgan fingerprint density at radius 2 is 1.89 bits per heavy atom. The summed E-state index contributed by atoms with van der Waals surface area (Å²) in [5.74, 6) is 1.09. The zero-order valence-corrected chi connectivity index (χ0v) is 11.4. The Kier molecular flexibility index (Phi) is 3.54. The highest BCUT2D eigenvalue weighted by molar-refractivity contribution is 5.35. The fraction of sp³-hybridized carbons (Fsp3) is 0.750. The lowest BCUT2D eigenvalue weighted by Gasteiger charge is -2.13. The number of hydrogen-bond donors (Lipinski definition) is 2. The number of nitrogens with zero attached hydrogens (tertiary/aromatic N) is 3. The lowest BCUT2D eigenvalue weighted by atomic mass is 10.1. The van der Waals surface area contributed by atoms with Crippen molar-refractivity contribution in [3.63, 3.8) is 0 Å². The maximum atomic E-state index is 5.50. The van der Waals surface area contributed by atoms with Crippen LogP contribution in [0.15, 0.2) is 0 Å². The van der Waals surface area contributed by atoms with Gasteiger partial charge in [0.05, 0.1) is 6.10 Å². The highest BCUT2D eigenvalue weighted by Crippen LogP contribution is 2.44. The second-order valence-electron chi connectivity index (χ2n) is 5.35. The van der Waals surface area contributed by atoms with Crippen LogP contribution in [0.1, 0.15) is 33.6 Å². The summed E-state index contributed by atoms with van der Waals surface area (Å²) in [6.07, 6.45) is 2.57. The van der Waals surface area contributed by atoms with Crippen LogP contribution in [0.5, 0.6) is 6.01 Å². The van der Waals surface area contributed by atoms with E-state index in [0.29, 0.717) is 23.3 Å². The molecule has 6 heteroatoms. The van der Waals surface area contributed by atoms with Gasteiger partial charge in [0.15, 0.2) is 0 Å². The molecule has 100 valence electrons. The van der Waals surface area contributed by atoms with E-state index in [2.05, 4.69) is 32.5 Å². The molecule has 1 fully saturated rings. The van der Waals surface area contributed by atoms with Gasteiger partial charge in [0.2, 0.25) is 11.9 Å². The second-order valence-corrected chi connectivity index (χ2v) is 5.35. The Morgan fingerprint density at radius 3 is 2.44 bits per heavy atom. The first-order valence-corrected chi connectivity index (χ1v) is 6.35. The second kappa shape index (κ2) is 4.96. The average Bonchev–Trinajstić information content (AvgIpc) is 3.04. The van der Waals surface area contributed by atoms with Crippen LogP contribution >= 0.6 is 0 Å². The molecule has 1 aliphatic rings. The van der Waals surface area contributed by atoms with Crippen molar-refractivity contribution in [2.24, 2.45) is 5.41 Å². The number of ether oxygens (including phenoxy) is 1. The molecule has 1 aromatic rings. The molecule has 0 aliphatic heterocycles. The van der Waals surface area contributed by atoms with E-state index in [1.165, 1.54) is 12.8 Å². The van der Waals surface area contributed by atoms with Gasteiger partial charge in [-0.2, -0.15) is 15.0 Å². The van der Waals surface area contributed by atoms with Crippen molar-refractivity contribution in [3.8, 4) is 6.01 Å². The predicted octanol–water partition coefficient (Wildman–Crippen LogP) is 1.91. The van der Waals surface area contributed by atoms with E-state index < -0.39 is 0 Å². The predicted molar refractivity (Wildman–Crippen MR) is 71.0 cm³/mol. The summed E-state index contributed by atoms with van der Waals surface area (Å²) in [5, 5.41) is 6.16. The lowest BCUT2D eigenvalue weighted by molar-refractivity contribution is 0.222. The minimum atomic E-state index is 0.0471. The molecule has 2 N–H and O–H groups in total. The number of hydrogen-bond acceptors (Lipinski definition) is 6. The van der Waals surface area contributed by atoms with Crippen LogP contribution < -0.4 is 15.4 Å². The van der Waals surface area contributed by atoms with Gasteiger partial charge in [0, 0.05) is 13.6 Å². The molecular formula is C12H21N5O. The van der Waals surface area contributed by atoms with Gasteiger partial charge >= 0.3 is 6.01 Å². The number of rotatable bonds is 6. The molecule has 1 heterocycles. The van der Waals surface area contributed by atoms with E-state index >= 15 is 0 Å². The van der Waals surface area contributed by atoms with Crippen molar-refractivity contribution in [2.75, 3.05) is 24.2 Å². The zero-order chi connectivity index (χ0) is 13.2. The van der Waals surface area contributed by atoms with Crippen LogP contribution in [0.2, 0.25) is 0 Å². The lowest BCUT2D eigenvalue weighted by Crippen LogP contribution is -2.16.